The van der Waals surface area contributed by atoms with Gasteiger partial charge in [-0.2, -0.15) is 0 Å². The molecule has 96 valence electrons. The van der Waals surface area contributed by atoms with Gasteiger partial charge in [0.1, 0.15) is 0 Å². The van der Waals surface area contributed by atoms with Crippen molar-refractivity contribution in [3.63, 3.8) is 0 Å². The maximum absolute atomic E-state index is 5.49. The highest BCUT2D eigenvalue weighted by atomic mass is 16.5. The molecule has 3 heteroatoms. The van der Waals surface area contributed by atoms with Gasteiger partial charge in [0.25, 0.3) is 0 Å². The van der Waals surface area contributed by atoms with E-state index in [9.17, 15) is 0 Å². The van der Waals surface area contributed by atoms with Gasteiger partial charge in [-0.15, -0.1) is 0 Å². The summed E-state index contributed by atoms with van der Waals surface area (Å²) >= 11 is 0. The molecule has 1 N–H and O–H groups in total. The molecule has 0 bridgehead atoms. The van der Waals surface area contributed by atoms with E-state index in [1.54, 1.807) is 7.11 Å². The van der Waals surface area contributed by atoms with Crippen molar-refractivity contribution in [1.29, 1.82) is 0 Å². The predicted octanol–water partition coefficient (Wildman–Crippen LogP) is 1.92. The van der Waals surface area contributed by atoms with Crippen LogP contribution in [0, 0.1) is 0 Å². The van der Waals surface area contributed by atoms with E-state index < -0.39 is 0 Å². The standard InChI is InChI=1S/C14H24N2O/c1-16(2)11-7-10-15-12-14(17-3)13-8-5-4-6-9-13/h4-6,8-9,14-15H,7,10-12H2,1-3H3. The fourth-order valence-electron chi connectivity index (χ4n) is 1.76. The fraction of sp³-hybridized carbons (Fsp3) is 0.571. The highest BCUT2D eigenvalue weighted by molar-refractivity contribution is 5.17. The summed E-state index contributed by atoms with van der Waals surface area (Å²) in [6, 6.07) is 10.3. The van der Waals surface area contributed by atoms with Crippen LogP contribution in [0.5, 0.6) is 0 Å². The van der Waals surface area contributed by atoms with Crippen LogP contribution in [0.2, 0.25) is 0 Å². The summed E-state index contributed by atoms with van der Waals surface area (Å²) < 4.78 is 5.49. The average molecular weight is 236 g/mol. The Morgan fingerprint density at radius 3 is 2.53 bits per heavy atom. The van der Waals surface area contributed by atoms with Gasteiger partial charge in [-0.1, -0.05) is 30.3 Å². The van der Waals surface area contributed by atoms with E-state index in [-0.39, 0.29) is 6.10 Å². The Labute approximate surface area is 105 Å². The molecule has 0 aromatic heterocycles. The molecular formula is C14H24N2O. The minimum atomic E-state index is 0.149. The van der Waals surface area contributed by atoms with Crippen LogP contribution < -0.4 is 5.32 Å². The number of nitrogens with one attached hydrogen (secondary N) is 1. The van der Waals surface area contributed by atoms with Gasteiger partial charge in [0.15, 0.2) is 0 Å². The first-order valence-corrected chi connectivity index (χ1v) is 6.17. The van der Waals surface area contributed by atoms with Crippen LogP contribution in [0.4, 0.5) is 0 Å². The molecule has 0 saturated carbocycles. The molecule has 0 aliphatic heterocycles. The number of hydrogen-bond donors (Lipinski definition) is 1. The largest absolute Gasteiger partial charge is 0.375 e. The molecule has 0 aliphatic carbocycles. The molecule has 17 heavy (non-hydrogen) atoms. The van der Waals surface area contributed by atoms with Crippen molar-refractivity contribution in [1.82, 2.24) is 10.2 Å². The minimum Gasteiger partial charge on any atom is -0.375 e. The third-order valence-corrected chi connectivity index (χ3v) is 2.74. The predicted molar refractivity (Wildman–Crippen MR) is 72.2 cm³/mol. The van der Waals surface area contributed by atoms with Crippen LogP contribution in [-0.4, -0.2) is 45.7 Å². The summed E-state index contributed by atoms with van der Waals surface area (Å²) in [4.78, 5) is 2.20. The highest BCUT2D eigenvalue weighted by Gasteiger charge is 2.08. The Morgan fingerprint density at radius 2 is 1.94 bits per heavy atom. The molecule has 1 aromatic rings. The number of hydrogen-bond acceptors (Lipinski definition) is 3. The summed E-state index contributed by atoms with van der Waals surface area (Å²) in [7, 11) is 5.96. The lowest BCUT2D eigenvalue weighted by molar-refractivity contribution is 0.102. The van der Waals surface area contributed by atoms with Crippen molar-refractivity contribution < 1.29 is 4.74 Å². The second kappa shape index (κ2) is 8.23. The quantitative estimate of drug-likeness (QED) is 0.698. The van der Waals surface area contributed by atoms with E-state index >= 15 is 0 Å². The third kappa shape index (κ3) is 5.82. The van der Waals surface area contributed by atoms with E-state index in [0.717, 1.165) is 26.1 Å². The van der Waals surface area contributed by atoms with E-state index in [0.29, 0.717) is 0 Å². The summed E-state index contributed by atoms with van der Waals surface area (Å²) in [5, 5.41) is 3.44. The zero-order valence-corrected chi connectivity index (χ0v) is 11.1. The van der Waals surface area contributed by atoms with Crippen molar-refractivity contribution in [2.24, 2.45) is 0 Å². The Kier molecular flexibility index (Phi) is 6.86. The van der Waals surface area contributed by atoms with Gasteiger partial charge in [-0.25, -0.2) is 0 Å². The number of ether oxygens (including phenoxy) is 1. The van der Waals surface area contributed by atoms with Crippen LogP contribution in [-0.2, 0) is 4.74 Å². The van der Waals surface area contributed by atoms with Gasteiger partial charge >= 0.3 is 0 Å². The Morgan fingerprint density at radius 1 is 1.24 bits per heavy atom. The molecule has 1 atom stereocenters. The molecule has 0 radical (unpaired) electrons. The van der Waals surface area contributed by atoms with Crippen LogP contribution >= 0.6 is 0 Å². The second-order valence-corrected chi connectivity index (χ2v) is 4.50. The van der Waals surface area contributed by atoms with Gasteiger partial charge < -0.3 is 15.0 Å². The Hall–Kier alpha value is -0.900. The smallest absolute Gasteiger partial charge is 0.0945 e. The lowest BCUT2D eigenvalue weighted by Gasteiger charge is -2.17. The summed E-state index contributed by atoms with van der Waals surface area (Å²) in [6.07, 6.45) is 1.31. The number of benzene rings is 1. The van der Waals surface area contributed by atoms with E-state index in [2.05, 4.69) is 36.4 Å². The van der Waals surface area contributed by atoms with Gasteiger partial charge in [0, 0.05) is 13.7 Å². The Bertz CT molecular complexity index is 288. The van der Waals surface area contributed by atoms with Crippen molar-refractivity contribution in [3.05, 3.63) is 35.9 Å². The van der Waals surface area contributed by atoms with Crippen LogP contribution in [0.3, 0.4) is 0 Å². The minimum absolute atomic E-state index is 0.149. The molecule has 0 spiro atoms. The van der Waals surface area contributed by atoms with E-state index in [1.807, 2.05) is 18.2 Å². The zero-order valence-electron chi connectivity index (χ0n) is 11.1. The normalized spacial score (nSPS) is 12.9. The number of methoxy groups -OCH3 is 1. The van der Waals surface area contributed by atoms with Crippen molar-refractivity contribution in [3.8, 4) is 0 Å². The third-order valence-electron chi connectivity index (χ3n) is 2.74. The zero-order chi connectivity index (χ0) is 12.5. The summed E-state index contributed by atoms with van der Waals surface area (Å²) in [5.74, 6) is 0. The van der Waals surface area contributed by atoms with Gasteiger partial charge in [-0.3, -0.25) is 0 Å². The molecule has 3 nitrogen and oxygen atoms in total. The monoisotopic (exact) mass is 236 g/mol. The first-order chi connectivity index (χ1) is 8.24. The van der Waals surface area contributed by atoms with Crippen molar-refractivity contribution >= 4 is 0 Å². The lowest BCUT2D eigenvalue weighted by atomic mass is 10.1. The lowest BCUT2D eigenvalue weighted by Crippen LogP contribution is -2.26. The van der Waals surface area contributed by atoms with Gasteiger partial charge in [-0.05, 0) is 39.2 Å². The van der Waals surface area contributed by atoms with Gasteiger partial charge in [0.05, 0.1) is 6.10 Å². The van der Waals surface area contributed by atoms with Crippen molar-refractivity contribution in [2.75, 3.05) is 40.8 Å². The van der Waals surface area contributed by atoms with E-state index in [1.165, 1.54) is 5.56 Å². The van der Waals surface area contributed by atoms with Crippen LogP contribution in [0.15, 0.2) is 30.3 Å². The first kappa shape index (κ1) is 14.2. The first-order valence-electron chi connectivity index (χ1n) is 6.17. The SMILES string of the molecule is COC(CNCCCN(C)C)c1ccccc1. The second-order valence-electron chi connectivity index (χ2n) is 4.50. The van der Waals surface area contributed by atoms with Crippen molar-refractivity contribution in [2.45, 2.75) is 12.5 Å². The maximum atomic E-state index is 5.49. The topological polar surface area (TPSA) is 24.5 Å². The molecule has 0 amide bonds. The molecule has 1 unspecified atom stereocenters. The summed E-state index contributed by atoms with van der Waals surface area (Å²) in [6.45, 7) is 3.02. The number of rotatable bonds is 8. The maximum Gasteiger partial charge on any atom is 0.0945 e. The molecule has 1 aromatic carbocycles. The molecule has 0 saturated heterocycles. The molecule has 0 heterocycles. The highest BCUT2D eigenvalue weighted by Crippen LogP contribution is 2.14. The van der Waals surface area contributed by atoms with E-state index in [4.69, 9.17) is 4.74 Å². The van der Waals surface area contributed by atoms with Crippen LogP contribution in [0.25, 0.3) is 0 Å². The summed E-state index contributed by atoms with van der Waals surface area (Å²) in [5.41, 5.74) is 1.23. The molecule has 0 fully saturated rings. The molecule has 1 rings (SSSR count). The average Bonchev–Trinajstić information content (AvgIpc) is 2.34. The number of nitrogens with zero attached hydrogens (tertiary/aromatic N) is 1. The molecular weight excluding hydrogens is 212 g/mol. The van der Waals surface area contributed by atoms with Crippen LogP contribution in [0.1, 0.15) is 18.1 Å². The Balaban J connectivity index is 2.24. The fourth-order valence-corrected chi connectivity index (χ4v) is 1.76. The molecule has 0 aliphatic rings. The van der Waals surface area contributed by atoms with Gasteiger partial charge in [0.2, 0.25) is 0 Å².